The summed E-state index contributed by atoms with van der Waals surface area (Å²) in [6, 6.07) is 10.1. The first-order chi connectivity index (χ1) is 14.2. The van der Waals surface area contributed by atoms with Crippen LogP contribution in [0.3, 0.4) is 0 Å². The zero-order chi connectivity index (χ0) is 20.1. The minimum Gasteiger partial charge on any atom is -0.494 e. The summed E-state index contributed by atoms with van der Waals surface area (Å²) >= 11 is 9.05. The van der Waals surface area contributed by atoms with Crippen molar-refractivity contribution in [2.24, 2.45) is 0 Å². The number of nitrogens with zero attached hydrogens (tertiary/aromatic N) is 3. The van der Waals surface area contributed by atoms with E-state index >= 15 is 0 Å². The van der Waals surface area contributed by atoms with Gasteiger partial charge >= 0.3 is 0 Å². The molecule has 0 bridgehead atoms. The molecule has 0 amide bonds. The van der Waals surface area contributed by atoms with Crippen molar-refractivity contribution < 1.29 is 4.74 Å². The van der Waals surface area contributed by atoms with E-state index in [0.29, 0.717) is 6.61 Å². The summed E-state index contributed by atoms with van der Waals surface area (Å²) in [6.45, 7) is 7.36. The van der Waals surface area contributed by atoms with E-state index in [9.17, 15) is 0 Å². The quantitative estimate of drug-likeness (QED) is 0.552. The third kappa shape index (κ3) is 5.33. The number of thiophene rings is 1. The van der Waals surface area contributed by atoms with E-state index < -0.39 is 0 Å². The largest absolute Gasteiger partial charge is 0.494 e. The molecule has 0 radical (unpaired) electrons. The van der Waals surface area contributed by atoms with E-state index in [1.54, 1.807) is 22.7 Å². The summed E-state index contributed by atoms with van der Waals surface area (Å²) in [4.78, 5) is 9.48. The highest BCUT2D eigenvalue weighted by atomic mass is 32.1. The zero-order valence-electron chi connectivity index (χ0n) is 16.3. The van der Waals surface area contributed by atoms with Crippen LogP contribution in [-0.4, -0.2) is 52.7 Å². The molecular formula is C21H24N4OS3. The molecule has 0 unspecified atom stereocenters. The fourth-order valence-electron chi connectivity index (χ4n) is 3.24. The van der Waals surface area contributed by atoms with Gasteiger partial charge in [-0.2, -0.15) is 11.3 Å². The molecule has 3 aromatic rings. The molecule has 152 valence electrons. The molecule has 0 atom stereocenters. The van der Waals surface area contributed by atoms with Gasteiger partial charge in [0.1, 0.15) is 10.8 Å². The molecule has 4 rings (SSSR count). The first-order valence-electron chi connectivity index (χ1n) is 9.69. The third-order valence-corrected chi connectivity index (χ3v) is 6.77. The zero-order valence-corrected chi connectivity index (χ0v) is 18.8. The molecule has 1 saturated heterocycles. The molecule has 1 aliphatic rings. The molecule has 1 aliphatic heterocycles. The number of thiazole rings is 1. The number of benzene rings is 1. The van der Waals surface area contributed by atoms with Crippen LogP contribution in [-0.2, 0) is 6.54 Å². The Morgan fingerprint density at radius 1 is 1.14 bits per heavy atom. The van der Waals surface area contributed by atoms with E-state index in [4.69, 9.17) is 21.9 Å². The van der Waals surface area contributed by atoms with Crippen LogP contribution in [0.15, 0.2) is 46.5 Å². The molecule has 0 aliphatic carbocycles. The summed E-state index contributed by atoms with van der Waals surface area (Å²) in [7, 11) is 0. The predicted molar refractivity (Wildman–Crippen MR) is 126 cm³/mol. The Balaban J connectivity index is 1.25. The molecule has 29 heavy (non-hydrogen) atoms. The summed E-state index contributed by atoms with van der Waals surface area (Å²) < 4.78 is 5.48. The van der Waals surface area contributed by atoms with Crippen molar-refractivity contribution in [1.82, 2.24) is 14.8 Å². The summed E-state index contributed by atoms with van der Waals surface area (Å²) in [6.07, 6.45) is 0. The van der Waals surface area contributed by atoms with Gasteiger partial charge in [0.2, 0.25) is 0 Å². The molecule has 8 heteroatoms. The summed E-state index contributed by atoms with van der Waals surface area (Å²) in [5.74, 6) is 0.877. The number of anilines is 1. The van der Waals surface area contributed by atoms with E-state index in [0.717, 1.165) is 60.0 Å². The highest BCUT2D eigenvalue weighted by molar-refractivity contribution is 7.80. The Hall–Kier alpha value is -2.00. The van der Waals surface area contributed by atoms with Crippen molar-refractivity contribution in [2.75, 3.05) is 38.1 Å². The monoisotopic (exact) mass is 444 g/mol. The average Bonchev–Trinajstić information content (AvgIpc) is 3.42. The molecule has 2 aromatic heterocycles. The number of thiocarbonyl (C=S) groups is 1. The first kappa shape index (κ1) is 20.3. The van der Waals surface area contributed by atoms with Gasteiger partial charge in [-0.1, -0.05) is 0 Å². The van der Waals surface area contributed by atoms with Gasteiger partial charge in [-0.25, -0.2) is 4.98 Å². The molecule has 3 heterocycles. The Labute approximate surface area is 185 Å². The maximum atomic E-state index is 5.61. The van der Waals surface area contributed by atoms with Crippen molar-refractivity contribution in [3.05, 3.63) is 52.2 Å². The van der Waals surface area contributed by atoms with Crippen molar-refractivity contribution in [2.45, 2.75) is 13.5 Å². The molecule has 1 N–H and O–H groups in total. The number of ether oxygens (including phenoxy) is 1. The summed E-state index contributed by atoms with van der Waals surface area (Å²) in [5, 5.41) is 11.7. The van der Waals surface area contributed by atoms with Gasteiger partial charge in [0.15, 0.2) is 5.11 Å². The van der Waals surface area contributed by atoms with Crippen LogP contribution in [0.25, 0.3) is 10.6 Å². The topological polar surface area (TPSA) is 40.6 Å². The maximum absolute atomic E-state index is 5.61. The standard InChI is InChI=1S/C21H24N4OS3/c1-2-26-19-5-3-17(4-6-19)23-21(27)25-10-8-24(9-11-25)13-18-15-29-20(22-18)16-7-12-28-14-16/h3-7,12,14-15H,2,8-11,13H2,1H3,(H,23,27). The smallest absolute Gasteiger partial charge is 0.173 e. The van der Waals surface area contributed by atoms with E-state index in [-0.39, 0.29) is 0 Å². The Morgan fingerprint density at radius 3 is 2.62 bits per heavy atom. The van der Waals surface area contributed by atoms with Crippen LogP contribution in [0.4, 0.5) is 5.69 Å². The highest BCUT2D eigenvalue weighted by Crippen LogP contribution is 2.26. The van der Waals surface area contributed by atoms with Crippen molar-refractivity contribution in [3.63, 3.8) is 0 Å². The second-order valence-corrected chi connectivity index (χ2v) is 8.83. The van der Waals surface area contributed by atoms with Crippen molar-refractivity contribution in [1.29, 1.82) is 0 Å². The molecule has 1 fully saturated rings. The lowest BCUT2D eigenvalue weighted by molar-refractivity contribution is 0.175. The van der Waals surface area contributed by atoms with Gasteiger partial charge < -0.3 is 15.0 Å². The van der Waals surface area contributed by atoms with Gasteiger partial charge in [-0.3, -0.25) is 4.90 Å². The minimum absolute atomic E-state index is 0.672. The first-order valence-corrected chi connectivity index (χ1v) is 11.9. The second-order valence-electron chi connectivity index (χ2n) is 6.81. The van der Waals surface area contributed by atoms with Crippen LogP contribution in [0, 0.1) is 0 Å². The van der Waals surface area contributed by atoms with Crippen molar-refractivity contribution in [3.8, 4) is 16.3 Å². The normalized spacial score (nSPS) is 14.7. The van der Waals surface area contributed by atoms with Crippen LogP contribution in [0.1, 0.15) is 12.6 Å². The fraction of sp³-hybridized carbons (Fsp3) is 0.333. The molecule has 5 nitrogen and oxygen atoms in total. The highest BCUT2D eigenvalue weighted by Gasteiger charge is 2.20. The number of rotatable bonds is 6. The van der Waals surface area contributed by atoms with Crippen LogP contribution < -0.4 is 10.1 Å². The third-order valence-electron chi connectivity index (χ3n) is 4.78. The van der Waals surface area contributed by atoms with E-state index in [1.807, 2.05) is 31.2 Å². The van der Waals surface area contributed by atoms with E-state index in [2.05, 4.69) is 37.3 Å². The van der Waals surface area contributed by atoms with Crippen molar-refractivity contribution >= 4 is 45.7 Å². The molecular weight excluding hydrogens is 420 g/mol. The van der Waals surface area contributed by atoms with E-state index in [1.165, 1.54) is 5.56 Å². The maximum Gasteiger partial charge on any atom is 0.173 e. The van der Waals surface area contributed by atoms with Crippen LogP contribution in [0.2, 0.25) is 0 Å². The van der Waals surface area contributed by atoms with Crippen LogP contribution in [0.5, 0.6) is 5.75 Å². The SMILES string of the molecule is CCOc1ccc(NC(=S)N2CCN(Cc3csc(-c4ccsc4)n3)CC2)cc1. The number of hydrogen-bond donors (Lipinski definition) is 1. The van der Waals surface area contributed by atoms with Gasteiger partial charge in [0, 0.05) is 54.7 Å². The van der Waals surface area contributed by atoms with Gasteiger partial charge in [0.05, 0.1) is 12.3 Å². The number of piperazine rings is 1. The number of hydrogen-bond acceptors (Lipinski definition) is 6. The number of nitrogens with one attached hydrogen (secondary N) is 1. The predicted octanol–water partition coefficient (Wildman–Crippen LogP) is 4.78. The molecule has 1 aromatic carbocycles. The average molecular weight is 445 g/mol. The Bertz CT molecular complexity index is 916. The Kier molecular flexibility index (Phi) is 6.76. The minimum atomic E-state index is 0.672. The lowest BCUT2D eigenvalue weighted by Crippen LogP contribution is -2.49. The molecule has 0 saturated carbocycles. The van der Waals surface area contributed by atoms with Gasteiger partial charge in [-0.15, -0.1) is 11.3 Å². The number of aromatic nitrogens is 1. The fourth-order valence-corrected chi connectivity index (χ4v) is 5.06. The second kappa shape index (κ2) is 9.67. The Morgan fingerprint density at radius 2 is 1.93 bits per heavy atom. The summed E-state index contributed by atoms with van der Waals surface area (Å²) in [5.41, 5.74) is 3.37. The lowest BCUT2D eigenvalue weighted by atomic mass is 10.3. The molecule has 0 spiro atoms. The van der Waals surface area contributed by atoms with Crippen LogP contribution >= 0.6 is 34.9 Å². The van der Waals surface area contributed by atoms with Gasteiger partial charge in [-0.05, 0) is 54.9 Å². The van der Waals surface area contributed by atoms with Gasteiger partial charge in [0.25, 0.3) is 0 Å². The lowest BCUT2D eigenvalue weighted by Gasteiger charge is -2.35.